The number of aromatic nitrogens is 4. The summed E-state index contributed by atoms with van der Waals surface area (Å²) in [5.74, 6) is 1.51. The molecule has 2 heterocycles. The van der Waals surface area contributed by atoms with Crippen LogP contribution < -0.4 is 5.56 Å². The molecule has 1 aromatic carbocycles. The number of hydrogen-bond acceptors (Lipinski definition) is 3. The number of rotatable bonds is 1. The monoisotopic (exact) mass is 282 g/mol. The van der Waals surface area contributed by atoms with Crippen LogP contribution in [0.15, 0.2) is 29.1 Å². The predicted molar refractivity (Wildman–Crippen MR) is 81.6 cm³/mol. The summed E-state index contributed by atoms with van der Waals surface area (Å²) >= 11 is 0. The second-order valence-corrected chi connectivity index (χ2v) is 5.87. The van der Waals surface area contributed by atoms with Crippen LogP contribution in [-0.2, 0) is 0 Å². The molecule has 0 radical (unpaired) electrons. The first kappa shape index (κ1) is 12.6. The average Bonchev–Trinajstić information content (AvgIpc) is 2.91. The summed E-state index contributed by atoms with van der Waals surface area (Å²) < 4.78 is 3.88. The van der Waals surface area contributed by atoms with E-state index in [1.54, 1.807) is 0 Å². The predicted octanol–water partition coefficient (Wildman–Crippen LogP) is 2.86. The van der Waals surface area contributed by atoms with Gasteiger partial charge >= 0.3 is 0 Å². The van der Waals surface area contributed by atoms with Crippen molar-refractivity contribution < 1.29 is 0 Å². The van der Waals surface area contributed by atoms with Gasteiger partial charge in [-0.05, 0) is 31.9 Å². The standard InChI is InChI=1S/C16H18N4O/c1-11-17-18-16-19(11)14-10-6-5-9-13(14)15(21)20(16)12-7-3-2-4-8-12/h5-6,9-10,12H,2-4,7-8H2,1H3. The molecule has 1 aliphatic rings. The van der Waals surface area contributed by atoms with Gasteiger partial charge < -0.3 is 0 Å². The zero-order valence-electron chi connectivity index (χ0n) is 12.1. The van der Waals surface area contributed by atoms with Crippen LogP contribution in [0.3, 0.4) is 0 Å². The minimum atomic E-state index is 0.0670. The van der Waals surface area contributed by atoms with Crippen molar-refractivity contribution in [3.8, 4) is 0 Å². The summed E-state index contributed by atoms with van der Waals surface area (Å²) in [6, 6.07) is 7.98. The third kappa shape index (κ3) is 1.80. The fourth-order valence-corrected chi connectivity index (χ4v) is 3.53. The zero-order valence-corrected chi connectivity index (χ0v) is 12.1. The highest BCUT2D eigenvalue weighted by atomic mass is 16.1. The Bertz CT molecular complexity index is 871. The van der Waals surface area contributed by atoms with Crippen molar-refractivity contribution in [3.05, 3.63) is 40.4 Å². The Labute approximate surface area is 122 Å². The lowest BCUT2D eigenvalue weighted by Gasteiger charge is -2.24. The average molecular weight is 282 g/mol. The molecule has 0 aliphatic heterocycles. The van der Waals surface area contributed by atoms with E-state index in [2.05, 4.69) is 10.2 Å². The van der Waals surface area contributed by atoms with Gasteiger partial charge in [0.2, 0.25) is 5.78 Å². The smallest absolute Gasteiger partial charge is 0.263 e. The van der Waals surface area contributed by atoms with Gasteiger partial charge in [-0.3, -0.25) is 13.8 Å². The Balaban J connectivity index is 2.12. The maximum Gasteiger partial charge on any atom is 0.263 e. The van der Waals surface area contributed by atoms with Gasteiger partial charge in [0, 0.05) is 6.04 Å². The van der Waals surface area contributed by atoms with Crippen LogP contribution in [0.25, 0.3) is 16.7 Å². The molecule has 0 bridgehead atoms. The van der Waals surface area contributed by atoms with Gasteiger partial charge in [-0.15, -0.1) is 10.2 Å². The minimum absolute atomic E-state index is 0.0670. The van der Waals surface area contributed by atoms with E-state index < -0.39 is 0 Å². The highest BCUT2D eigenvalue weighted by molar-refractivity contribution is 5.80. The molecule has 5 nitrogen and oxygen atoms in total. The summed E-state index contributed by atoms with van der Waals surface area (Å²) in [5.41, 5.74) is 0.962. The van der Waals surface area contributed by atoms with Crippen molar-refractivity contribution in [1.82, 2.24) is 19.2 Å². The van der Waals surface area contributed by atoms with E-state index in [1.165, 1.54) is 19.3 Å². The molecule has 0 amide bonds. The maximum absolute atomic E-state index is 12.9. The Hall–Kier alpha value is -2.17. The minimum Gasteiger partial charge on any atom is -0.273 e. The number of nitrogens with zero attached hydrogens (tertiary/aromatic N) is 4. The third-order valence-corrected chi connectivity index (χ3v) is 4.56. The Morgan fingerprint density at radius 3 is 2.67 bits per heavy atom. The molecule has 0 unspecified atom stereocenters. The summed E-state index contributed by atoms with van der Waals surface area (Å²) in [4.78, 5) is 12.9. The van der Waals surface area contributed by atoms with Crippen molar-refractivity contribution in [3.63, 3.8) is 0 Å². The molecule has 0 spiro atoms. The lowest BCUT2D eigenvalue weighted by Crippen LogP contribution is -2.28. The number of fused-ring (bicyclic) bond motifs is 3. The molecule has 0 atom stereocenters. The van der Waals surface area contributed by atoms with Crippen LogP contribution in [0.4, 0.5) is 0 Å². The summed E-state index contributed by atoms with van der Waals surface area (Å²) in [6.45, 7) is 1.93. The van der Waals surface area contributed by atoms with Crippen molar-refractivity contribution in [2.45, 2.75) is 45.1 Å². The topological polar surface area (TPSA) is 52.2 Å². The van der Waals surface area contributed by atoms with Gasteiger partial charge in [0.25, 0.3) is 5.56 Å². The molecule has 1 saturated carbocycles. The van der Waals surface area contributed by atoms with Gasteiger partial charge in [-0.1, -0.05) is 31.4 Å². The highest BCUT2D eigenvalue weighted by Gasteiger charge is 2.22. The third-order valence-electron chi connectivity index (χ3n) is 4.56. The fraction of sp³-hybridized carbons (Fsp3) is 0.438. The molecule has 5 heteroatoms. The largest absolute Gasteiger partial charge is 0.273 e. The molecular weight excluding hydrogens is 264 g/mol. The van der Waals surface area contributed by atoms with Crippen molar-refractivity contribution >= 4 is 16.7 Å². The van der Waals surface area contributed by atoms with Gasteiger partial charge in [0.15, 0.2) is 0 Å². The summed E-state index contributed by atoms with van der Waals surface area (Å²) in [5, 5.41) is 9.22. The first-order chi connectivity index (χ1) is 10.3. The van der Waals surface area contributed by atoms with Crippen LogP contribution in [0.5, 0.6) is 0 Å². The normalized spacial score (nSPS) is 16.8. The van der Waals surface area contributed by atoms with Crippen LogP contribution in [-0.4, -0.2) is 19.2 Å². The van der Waals surface area contributed by atoms with E-state index in [9.17, 15) is 4.79 Å². The van der Waals surface area contributed by atoms with Crippen LogP contribution in [0.2, 0.25) is 0 Å². The van der Waals surface area contributed by atoms with E-state index in [-0.39, 0.29) is 11.6 Å². The van der Waals surface area contributed by atoms with E-state index in [1.807, 2.05) is 40.2 Å². The number of hydrogen-bond donors (Lipinski definition) is 0. The second-order valence-electron chi connectivity index (χ2n) is 5.87. The lowest BCUT2D eigenvalue weighted by molar-refractivity contribution is 0.351. The molecular formula is C16H18N4O. The fourth-order valence-electron chi connectivity index (χ4n) is 3.53. The van der Waals surface area contributed by atoms with Gasteiger partial charge in [-0.2, -0.15) is 0 Å². The van der Waals surface area contributed by atoms with Gasteiger partial charge in [-0.25, -0.2) is 0 Å². The van der Waals surface area contributed by atoms with Crippen molar-refractivity contribution in [1.29, 1.82) is 0 Å². The Morgan fingerprint density at radius 2 is 1.86 bits per heavy atom. The van der Waals surface area contributed by atoms with Gasteiger partial charge in [0.1, 0.15) is 5.82 Å². The Kier molecular flexibility index (Phi) is 2.80. The molecule has 3 aromatic rings. The van der Waals surface area contributed by atoms with Crippen LogP contribution in [0, 0.1) is 6.92 Å². The van der Waals surface area contributed by atoms with E-state index in [4.69, 9.17) is 0 Å². The summed E-state index contributed by atoms with van der Waals surface area (Å²) in [7, 11) is 0. The molecule has 1 aliphatic carbocycles. The van der Waals surface area contributed by atoms with E-state index in [0.717, 1.165) is 29.6 Å². The number of benzene rings is 1. The van der Waals surface area contributed by atoms with E-state index >= 15 is 0 Å². The van der Waals surface area contributed by atoms with Crippen LogP contribution >= 0.6 is 0 Å². The highest BCUT2D eigenvalue weighted by Crippen LogP contribution is 2.29. The first-order valence-corrected chi connectivity index (χ1v) is 7.62. The first-order valence-electron chi connectivity index (χ1n) is 7.62. The van der Waals surface area contributed by atoms with Gasteiger partial charge in [0.05, 0.1) is 10.9 Å². The number of aryl methyl sites for hydroxylation is 1. The Morgan fingerprint density at radius 1 is 1.10 bits per heavy atom. The lowest BCUT2D eigenvalue weighted by atomic mass is 9.95. The zero-order chi connectivity index (χ0) is 14.4. The summed E-state index contributed by atoms with van der Waals surface area (Å²) in [6.07, 6.45) is 5.74. The molecule has 0 N–H and O–H groups in total. The quantitative estimate of drug-likeness (QED) is 0.689. The molecule has 4 rings (SSSR count). The number of para-hydroxylation sites is 1. The molecule has 21 heavy (non-hydrogen) atoms. The van der Waals surface area contributed by atoms with E-state index in [0.29, 0.717) is 5.78 Å². The maximum atomic E-state index is 12.9. The molecule has 108 valence electrons. The molecule has 2 aromatic heterocycles. The second kappa shape index (κ2) is 4.69. The van der Waals surface area contributed by atoms with Crippen LogP contribution in [0.1, 0.15) is 44.0 Å². The molecule has 1 fully saturated rings. The molecule has 0 saturated heterocycles. The van der Waals surface area contributed by atoms with Crippen molar-refractivity contribution in [2.75, 3.05) is 0 Å². The SMILES string of the molecule is Cc1nnc2n(C3CCCCC3)c(=O)c3ccccc3n12. The van der Waals surface area contributed by atoms with Crippen molar-refractivity contribution in [2.24, 2.45) is 0 Å².